The fourth-order valence-electron chi connectivity index (χ4n) is 11.9. The maximum atomic E-state index is 6.87. The van der Waals surface area contributed by atoms with E-state index >= 15 is 0 Å². The molecule has 86 heavy (non-hydrogen) atoms. The minimum Gasteiger partial charge on any atom is -0.509 e. The van der Waals surface area contributed by atoms with E-state index in [4.69, 9.17) is 9.72 Å². The molecule has 5 nitrogen and oxygen atoms in total. The summed E-state index contributed by atoms with van der Waals surface area (Å²) < 4.78 is 9.11. The number of nitrogens with zero attached hydrogens (tertiary/aromatic N) is 4. The first kappa shape index (κ1) is 59.7. The van der Waals surface area contributed by atoms with Gasteiger partial charge in [-0.05, 0) is 124 Å². The number of benzene rings is 9. The van der Waals surface area contributed by atoms with Crippen LogP contribution in [-0.4, -0.2) is 9.55 Å². The zero-order valence-corrected chi connectivity index (χ0v) is 54.9. The van der Waals surface area contributed by atoms with Crippen molar-refractivity contribution < 1.29 is 25.8 Å². The predicted octanol–water partition coefficient (Wildman–Crippen LogP) is 22.1. The number of rotatable bonds is 9. The summed E-state index contributed by atoms with van der Waals surface area (Å²) in [5.74, 6) is 2.00. The van der Waals surface area contributed by atoms with Crippen molar-refractivity contribution in [3.63, 3.8) is 0 Å². The zero-order chi connectivity index (χ0) is 60.0. The standard InChI is InChI=1S/C80H79N4O.Pt/c1-76(2,3)57-39-37-53(38-40-57)52-33-35-54(36-34-52)66-45-60(79(10,11)12)46-67(55-23-20-25-58(43-55)77(4,5)6)75(66)83-51-82(71-31-18-19-32-72(71)83)61-27-22-28-62(47-61)85-63-41-42-65-64-29-16-17-30-70(64)84(73(65)48-63)74-49-69(80(13,14)15)68(50-81-74)56-24-21-26-59(44-56)78(7,8)9;/h16-46,49-51H,1-15H3;/q-3;. The molecule has 9 aromatic carbocycles. The normalized spacial score (nSPS) is 13.1. The van der Waals surface area contributed by atoms with Crippen molar-refractivity contribution >= 4 is 44.6 Å². The third kappa shape index (κ3) is 11.6. The monoisotopic (exact) mass is 1310 g/mol. The van der Waals surface area contributed by atoms with Gasteiger partial charge in [0.1, 0.15) is 5.82 Å². The molecular formula is C80H79N4OPt-3. The topological polar surface area (TPSA) is 33.5 Å². The van der Waals surface area contributed by atoms with Gasteiger partial charge in [-0.15, -0.1) is 48.1 Å². The quantitative estimate of drug-likeness (QED) is 0.135. The molecule has 6 heteroatoms. The summed E-state index contributed by atoms with van der Waals surface area (Å²) in [5, 5.41) is 2.20. The van der Waals surface area contributed by atoms with Gasteiger partial charge in [0.15, 0.2) is 0 Å². The van der Waals surface area contributed by atoms with Crippen molar-refractivity contribution in [1.82, 2.24) is 9.55 Å². The maximum Gasteiger partial charge on any atom is 0.135 e. The molecule has 12 rings (SSSR count). The number of ether oxygens (including phenoxy) is 1. The second-order valence-corrected chi connectivity index (χ2v) is 28.4. The van der Waals surface area contributed by atoms with Crippen LogP contribution in [0.2, 0.25) is 0 Å². The summed E-state index contributed by atoms with van der Waals surface area (Å²) in [6, 6.07) is 78.4. The summed E-state index contributed by atoms with van der Waals surface area (Å²) in [4.78, 5) is 9.90. The maximum absolute atomic E-state index is 6.87. The average molecular weight is 1310 g/mol. The van der Waals surface area contributed by atoms with Crippen LogP contribution in [0.3, 0.4) is 0 Å². The molecule has 0 bridgehead atoms. The molecule has 0 amide bonds. The number of hydrogen-bond donors (Lipinski definition) is 0. The fraction of sp³-hybridized carbons (Fsp3) is 0.250. The van der Waals surface area contributed by atoms with Crippen molar-refractivity contribution in [2.24, 2.45) is 0 Å². The summed E-state index contributed by atoms with van der Waals surface area (Å²) in [7, 11) is 0. The molecular weight excluding hydrogens is 1230 g/mol. The van der Waals surface area contributed by atoms with Gasteiger partial charge in [-0.3, -0.25) is 0 Å². The molecule has 1 aliphatic rings. The van der Waals surface area contributed by atoms with Crippen molar-refractivity contribution in [1.29, 1.82) is 0 Å². The molecule has 0 aliphatic carbocycles. The Hall–Kier alpha value is -7.98. The van der Waals surface area contributed by atoms with Gasteiger partial charge in [0.05, 0.1) is 0 Å². The van der Waals surface area contributed by atoms with Crippen LogP contribution in [0.4, 0.5) is 22.7 Å². The molecule has 0 N–H and O–H groups in total. The van der Waals surface area contributed by atoms with E-state index < -0.39 is 0 Å². The molecule has 0 radical (unpaired) electrons. The number of fused-ring (bicyclic) bond motifs is 4. The van der Waals surface area contributed by atoms with Crippen molar-refractivity contribution in [2.75, 3.05) is 9.80 Å². The Bertz CT molecular complexity index is 4320. The van der Waals surface area contributed by atoms with Gasteiger partial charge in [-0.1, -0.05) is 237 Å². The molecule has 0 fully saturated rings. The second-order valence-electron chi connectivity index (χ2n) is 28.4. The Labute approximate surface area is 526 Å². The molecule has 0 atom stereocenters. The van der Waals surface area contributed by atoms with Gasteiger partial charge in [0.2, 0.25) is 0 Å². The Morgan fingerprint density at radius 3 is 1.52 bits per heavy atom. The van der Waals surface area contributed by atoms with Crippen LogP contribution in [0.5, 0.6) is 11.5 Å². The van der Waals surface area contributed by atoms with Crippen molar-refractivity contribution in [3.05, 3.63) is 247 Å². The smallest absolute Gasteiger partial charge is 0.135 e. The summed E-state index contributed by atoms with van der Waals surface area (Å²) >= 11 is 0. The van der Waals surface area contributed by atoms with E-state index in [2.05, 4.69) is 325 Å². The van der Waals surface area contributed by atoms with E-state index in [9.17, 15) is 0 Å². The van der Waals surface area contributed by atoms with E-state index in [1.807, 2.05) is 12.1 Å². The Kier molecular flexibility index (Phi) is 15.5. The third-order valence-corrected chi connectivity index (χ3v) is 16.9. The average Bonchev–Trinajstić information content (AvgIpc) is 1.70. The van der Waals surface area contributed by atoms with Crippen LogP contribution in [0.25, 0.3) is 72.1 Å². The van der Waals surface area contributed by atoms with Crippen LogP contribution in [0.15, 0.2) is 200 Å². The molecule has 0 saturated carbocycles. The van der Waals surface area contributed by atoms with E-state index in [1.165, 1.54) is 55.6 Å². The van der Waals surface area contributed by atoms with E-state index in [1.54, 1.807) is 0 Å². The van der Waals surface area contributed by atoms with Gasteiger partial charge in [0.25, 0.3) is 0 Å². The van der Waals surface area contributed by atoms with E-state index in [0.717, 1.165) is 67.1 Å². The number of hydrogen-bond acceptors (Lipinski definition) is 4. The van der Waals surface area contributed by atoms with Crippen molar-refractivity contribution in [2.45, 2.75) is 131 Å². The fourth-order valence-corrected chi connectivity index (χ4v) is 11.9. The van der Waals surface area contributed by atoms with Gasteiger partial charge in [0, 0.05) is 78.0 Å². The molecule has 11 aromatic rings. The van der Waals surface area contributed by atoms with Crippen LogP contribution in [0.1, 0.15) is 132 Å². The number of pyridine rings is 1. The van der Waals surface area contributed by atoms with Gasteiger partial charge >= 0.3 is 0 Å². The van der Waals surface area contributed by atoms with Gasteiger partial charge < -0.3 is 19.1 Å². The molecule has 3 heterocycles. The SMILES string of the molecule is CC(C)(C)c1ccc(-c2ccc(-c3cc(C(C)(C)C)cc(-c4cccc(C(C)(C)C)c4)c3N3[CH-]N(c4[c-]c(Oc5[c-]c6c(cc5)c5ccccc5n6-c5cc(C(C)(C)C)c(-c6cccc(C(C)(C)C)c6)cn5)ccc4)c4ccccc43)cc2)cc1.[Pt]. The third-order valence-electron chi connectivity index (χ3n) is 16.9. The van der Waals surface area contributed by atoms with Crippen LogP contribution in [-0.2, 0) is 48.1 Å². The summed E-state index contributed by atoms with van der Waals surface area (Å²) in [5.41, 5.74) is 21.5. The largest absolute Gasteiger partial charge is 0.509 e. The van der Waals surface area contributed by atoms with Crippen LogP contribution >= 0.6 is 0 Å². The minimum absolute atomic E-state index is 0. The van der Waals surface area contributed by atoms with Gasteiger partial charge in [-0.2, -0.15) is 12.1 Å². The summed E-state index contributed by atoms with van der Waals surface area (Å²) in [6.07, 6.45) is 2.06. The molecule has 1 aliphatic heterocycles. The predicted molar refractivity (Wildman–Crippen MR) is 359 cm³/mol. The molecule has 0 unspecified atom stereocenters. The number of aromatic nitrogens is 2. The first-order valence-corrected chi connectivity index (χ1v) is 30.1. The summed E-state index contributed by atoms with van der Waals surface area (Å²) in [6.45, 7) is 36.5. The minimum atomic E-state index is -0.168. The van der Waals surface area contributed by atoms with Gasteiger partial charge in [-0.25, -0.2) is 4.98 Å². The zero-order valence-electron chi connectivity index (χ0n) is 52.6. The second kappa shape index (κ2) is 22.4. The first-order chi connectivity index (χ1) is 40.3. The van der Waals surface area contributed by atoms with Crippen LogP contribution < -0.4 is 14.5 Å². The number of anilines is 4. The van der Waals surface area contributed by atoms with Crippen molar-refractivity contribution in [3.8, 4) is 61.8 Å². The first-order valence-electron chi connectivity index (χ1n) is 30.1. The van der Waals surface area contributed by atoms with Crippen LogP contribution in [0, 0.1) is 18.8 Å². The molecule has 2 aromatic heterocycles. The van der Waals surface area contributed by atoms with E-state index in [-0.39, 0.29) is 48.1 Å². The Morgan fingerprint density at radius 2 is 0.919 bits per heavy atom. The number of para-hydroxylation sites is 3. The Balaban J connectivity index is 0.00000768. The molecule has 0 saturated heterocycles. The molecule has 438 valence electrons. The Morgan fingerprint density at radius 1 is 0.395 bits per heavy atom. The molecule has 0 spiro atoms. The van der Waals surface area contributed by atoms with E-state index in [0.29, 0.717) is 11.5 Å².